The molecule has 0 fully saturated rings. The number of hydrogen-bond acceptors (Lipinski definition) is 3. The third-order valence-corrected chi connectivity index (χ3v) is 6.00. The van der Waals surface area contributed by atoms with Gasteiger partial charge in [-0.2, -0.15) is 0 Å². The predicted octanol–water partition coefficient (Wildman–Crippen LogP) is 7.12. The van der Waals surface area contributed by atoms with Gasteiger partial charge in [-0.05, 0) is 59.7 Å². The van der Waals surface area contributed by atoms with Gasteiger partial charge in [0.05, 0.1) is 22.7 Å². The minimum absolute atomic E-state index is 0.0456. The molecule has 0 aromatic heterocycles. The fraction of sp³-hybridized carbons (Fsp3) is 0.111. The number of nitrogens with two attached hydrogens (primary N) is 1. The molecule has 4 aromatic rings. The minimum Gasteiger partial charge on any atom is -0.397 e. The van der Waals surface area contributed by atoms with E-state index in [2.05, 4.69) is 96.9 Å². The van der Waals surface area contributed by atoms with Gasteiger partial charge in [0.15, 0.2) is 0 Å². The Hall–Kier alpha value is -3.72. The van der Waals surface area contributed by atoms with E-state index in [-0.39, 0.29) is 5.41 Å². The molecule has 1 aliphatic heterocycles. The molecule has 3 heteroatoms. The van der Waals surface area contributed by atoms with E-state index >= 15 is 0 Å². The van der Waals surface area contributed by atoms with Gasteiger partial charge in [-0.1, -0.05) is 62.4 Å². The van der Waals surface area contributed by atoms with Crippen LogP contribution in [0.25, 0.3) is 0 Å². The number of para-hydroxylation sites is 4. The molecule has 5 rings (SSSR count). The van der Waals surface area contributed by atoms with Crippen LogP contribution < -0.4 is 16.0 Å². The fourth-order valence-corrected chi connectivity index (χ4v) is 4.41. The first-order chi connectivity index (χ1) is 14.6. The lowest BCUT2D eigenvalue weighted by atomic mass is 9.73. The molecule has 0 aliphatic carbocycles. The second kappa shape index (κ2) is 6.96. The maximum Gasteiger partial charge on any atom is 0.0617 e. The molecule has 4 aromatic carbocycles. The van der Waals surface area contributed by atoms with E-state index in [9.17, 15) is 0 Å². The van der Waals surface area contributed by atoms with Gasteiger partial charge in [0.25, 0.3) is 0 Å². The zero-order valence-corrected chi connectivity index (χ0v) is 17.3. The molecule has 0 saturated carbocycles. The molecule has 0 atom stereocenters. The first-order valence-corrected chi connectivity index (χ1v) is 10.3. The molecule has 0 amide bonds. The molecule has 0 saturated heterocycles. The Kier molecular flexibility index (Phi) is 4.25. The number of nitrogen functional groups attached to an aromatic ring is 1. The standard InChI is InChI=1S/C27H25N3/c1-27(2)21-9-3-7-13-25(21)30(26-14-8-4-10-22(26)27)20-17-15-19(16-18-20)29-24-12-6-5-11-23(24)28/h3-18,29H,28H2,1-2H3. The average molecular weight is 392 g/mol. The SMILES string of the molecule is CC1(C)c2ccccc2N(c2ccc(Nc3ccccc3N)cc2)c2ccccc21. The summed E-state index contributed by atoms with van der Waals surface area (Å²) in [7, 11) is 0. The summed E-state index contributed by atoms with van der Waals surface area (Å²) in [6, 6.07) is 33.7. The van der Waals surface area contributed by atoms with Gasteiger partial charge in [-0.25, -0.2) is 0 Å². The largest absolute Gasteiger partial charge is 0.397 e. The highest BCUT2D eigenvalue weighted by molar-refractivity contribution is 5.86. The van der Waals surface area contributed by atoms with Gasteiger partial charge < -0.3 is 16.0 Å². The summed E-state index contributed by atoms with van der Waals surface area (Å²) in [5.41, 5.74) is 15.0. The molecular weight excluding hydrogens is 366 g/mol. The summed E-state index contributed by atoms with van der Waals surface area (Å²) in [5.74, 6) is 0. The second-order valence-electron chi connectivity index (χ2n) is 8.25. The van der Waals surface area contributed by atoms with Crippen molar-refractivity contribution >= 4 is 34.1 Å². The number of nitrogens with zero attached hydrogens (tertiary/aromatic N) is 1. The Morgan fingerprint density at radius 3 is 1.80 bits per heavy atom. The van der Waals surface area contributed by atoms with Crippen LogP contribution in [0.15, 0.2) is 97.1 Å². The number of benzene rings is 4. The van der Waals surface area contributed by atoms with Crippen LogP contribution in [-0.2, 0) is 5.41 Å². The maximum atomic E-state index is 6.08. The Bertz CT molecular complexity index is 1160. The molecule has 30 heavy (non-hydrogen) atoms. The summed E-state index contributed by atoms with van der Waals surface area (Å²) >= 11 is 0. The maximum absolute atomic E-state index is 6.08. The van der Waals surface area contributed by atoms with E-state index in [0.29, 0.717) is 0 Å². The second-order valence-corrected chi connectivity index (χ2v) is 8.25. The molecule has 0 radical (unpaired) electrons. The van der Waals surface area contributed by atoms with E-state index in [1.165, 1.54) is 22.5 Å². The third-order valence-electron chi connectivity index (χ3n) is 6.00. The normalized spacial score (nSPS) is 14.0. The summed E-state index contributed by atoms with van der Waals surface area (Å²) in [4.78, 5) is 2.36. The number of fused-ring (bicyclic) bond motifs is 2. The number of rotatable bonds is 3. The van der Waals surface area contributed by atoms with Gasteiger partial charge in [-0.3, -0.25) is 0 Å². The lowest BCUT2D eigenvalue weighted by Crippen LogP contribution is -2.30. The van der Waals surface area contributed by atoms with Crippen LogP contribution in [-0.4, -0.2) is 0 Å². The molecular formula is C27H25N3. The molecule has 148 valence electrons. The predicted molar refractivity (Wildman–Crippen MR) is 127 cm³/mol. The van der Waals surface area contributed by atoms with Crippen molar-refractivity contribution in [1.29, 1.82) is 0 Å². The van der Waals surface area contributed by atoms with E-state index in [1.54, 1.807) is 0 Å². The highest BCUT2D eigenvalue weighted by Crippen LogP contribution is 2.51. The molecule has 1 heterocycles. The van der Waals surface area contributed by atoms with Crippen LogP contribution in [0.2, 0.25) is 0 Å². The van der Waals surface area contributed by atoms with E-state index in [4.69, 9.17) is 5.73 Å². The van der Waals surface area contributed by atoms with Crippen molar-refractivity contribution < 1.29 is 0 Å². The lowest BCUT2D eigenvalue weighted by Gasteiger charge is -2.42. The fourth-order valence-electron chi connectivity index (χ4n) is 4.41. The Morgan fingerprint density at radius 1 is 0.667 bits per heavy atom. The van der Waals surface area contributed by atoms with Crippen molar-refractivity contribution in [3.8, 4) is 0 Å². The smallest absolute Gasteiger partial charge is 0.0617 e. The van der Waals surface area contributed by atoms with E-state index in [0.717, 1.165) is 22.7 Å². The quantitative estimate of drug-likeness (QED) is 0.365. The Labute approximate surface area is 177 Å². The van der Waals surface area contributed by atoms with Gasteiger partial charge in [0.1, 0.15) is 0 Å². The van der Waals surface area contributed by atoms with Gasteiger partial charge in [0.2, 0.25) is 0 Å². The Morgan fingerprint density at radius 2 is 1.20 bits per heavy atom. The number of anilines is 6. The zero-order valence-electron chi connectivity index (χ0n) is 17.3. The van der Waals surface area contributed by atoms with Gasteiger partial charge >= 0.3 is 0 Å². The van der Waals surface area contributed by atoms with Crippen molar-refractivity contribution in [2.75, 3.05) is 16.0 Å². The molecule has 0 unspecified atom stereocenters. The number of nitrogens with one attached hydrogen (secondary N) is 1. The first-order valence-electron chi connectivity index (χ1n) is 10.3. The molecule has 0 spiro atoms. The van der Waals surface area contributed by atoms with Crippen molar-refractivity contribution in [3.05, 3.63) is 108 Å². The molecule has 3 nitrogen and oxygen atoms in total. The molecule has 1 aliphatic rings. The minimum atomic E-state index is -0.0456. The zero-order chi connectivity index (χ0) is 20.7. The van der Waals surface area contributed by atoms with Crippen LogP contribution in [0.3, 0.4) is 0 Å². The van der Waals surface area contributed by atoms with Crippen LogP contribution in [0.5, 0.6) is 0 Å². The topological polar surface area (TPSA) is 41.3 Å². The summed E-state index contributed by atoms with van der Waals surface area (Å²) < 4.78 is 0. The van der Waals surface area contributed by atoms with Crippen molar-refractivity contribution in [1.82, 2.24) is 0 Å². The van der Waals surface area contributed by atoms with Crippen molar-refractivity contribution in [2.45, 2.75) is 19.3 Å². The van der Waals surface area contributed by atoms with E-state index < -0.39 is 0 Å². The molecule has 3 N–H and O–H groups in total. The van der Waals surface area contributed by atoms with Crippen molar-refractivity contribution in [2.24, 2.45) is 0 Å². The highest BCUT2D eigenvalue weighted by atomic mass is 15.2. The monoisotopic (exact) mass is 391 g/mol. The molecule has 0 bridgehead atoms. The summed E-state index contributed by atoms with van der Waals surface area (Å²) in [5, 5.41) is 3.41. The lowest BCUT2D eigenvalue weighted by molar-refractivity contribution is 0.632. The van der Waals surface area contributed by atoms with Crippen LogP contribution in [0.4, 0.5) is 34.1 Å². The number of hydrogen-bond donors (Lipinski definition) is 2. The van der Waals surface area contributed by atoms with E-state index in [1.807, 2.05) is 24.3 Å². The third kappa shape index (κ3) is 2.91. The van der Waals surface area contributed by atoms with Crippen LogP contribution >= 0.6 is 0 Å². The van der Waals surface area contributed by atoms with Crippen molar-refractivity contribution in [3.63, 3.8) is 0 Å². The van der Waals surface area contributed by atoms with Crippen LogP contribution in [0, 0.1) is 0 Å². The Balaban J connectivity index is 1.57. The first kappa shape index (κ1) is 18.3. The van der Waals surface area contributed by atoms with Gasteiger partial charge in [0, 0.05) is 16.8 Å². The van der Waals surface area contributed by atoms with Crippen LogP contribution in [0.1, 0.15) is 25.0 Å². The van der Waals surface area contributed by atoms with Gasteiger partial charge in [-0.15, -0.1) is 0 Å². The summed E-state index contributed by atoms with van der Waals surface area (Å²) in [6.07, 6.45) is 0. The average Bonchev–Trinajstić information content (AvgIpc) is 2.77. The summed E-state index contributed by atoms with van der Waals surface area (Å²) in [6.45, 7) is 4.61. The highest BCUT2D eigenvalue weighted by Gasteiger charge is 2.36.